The lowest BCUT2D eigenvalue weighted by Gasteiger charge is -2.34. The first-order valence-electron chi connectivity index (χ1n) is 8.80. The lowest BCUT2D eigenvalue weighted by molar-refractivity contribution is 0.0891. The van der Waals surface area contributed by atoms with E-state index >= 15 is 0 Å². The quantitative estimate of drug-likeness (QED) is 0.857. The van der Waals surface area contributed by atoms with Crippen LogP contribution < -0.4 is 10.0 Å². The van der Waals surface area contributed by atoms with Crippen LogP contribution in [0.5, 0.6) is 0 Å². The molecule has 0 aliphatic heterocycles. The Kier molecular flexibility index (Phi) is 4.97. The first-order valence-corrected chi connectivity index (χ1v) is 10.3. The molecule has 1 aromatic rings. The Bertz CT molecular complexity index is 695. The molecule has 5 nitrogen and oxygen atoms in total. The zero-order valence-corrected chi connectivity index (χ0v) is 15.1. The van der Waals surface area contributed by atoms with Crippen LogP contribution in [-0.4, -0.2) is 26.4 Å². The highest BCUT2D eigenvalue weighted by Crippen LogP contribution is 2.29. The number of carbonyl (C=O) groups is 1. The molecule has 3 atom stereocenters. The third-order valence-electron chi connectivity index (χ3n) is 5.35. The van der Waals surface area contributed by atoms with Gasteiger partial charge in [-0.2, -0.15) is 0 Å². The number of nitrogens with one attached hydrogen (secondary N) is 2. The summed E-state index contributed by atoms with van der Waals surface area (Å²) >= 11 is 0. The zero-order chi connectivity index (χ0) is 17.3. The van der Waals surface area contributed by atoms with E-state index < -0.39 is 10.0 Å². The van der Waals surface area contributed by atoms with Crippen molar-refractivity contribution in [3.8, 4) is 0 Å². The Morgan fingerprint density at radius 2 is 1.71 bits per heavy atom. The van der Waals surface area contributed by atoms with Crippen molar-refractivity contribution >= 4 is 15.9 Å². The van der Waals surface area contributed by atoms with Crippen LogP contribution in [0.15, 0.2) is 29.2 Å². The van der Waals surface area contributed by atoms with Gasteiger partial charge in [0.2, 0.25) is 10.0 Å². The van der Waals surface area contributed by atoms with E-state index in [-0.39, 0.29) is 22.9 Å². The summed E-state index contributed by atoms with van der Waals surface area (Å²) in [5, 5.41) is 3.11. The van der Waals surface area contributed by atoms with Gasteiger partial charge in [-0.15, -0.1) is 0 Å². The molecule has 24 heavy (non-hydrogen) atoms. The largest absolute Gasteiger partial charge is 0.349 e. The molecule has 2 N–H and O–H groups in total. The van der Waals surface area contributed by atoms with E-state index in [0.717, 1.165) is 25.7 Å². The van der Waals surface area contributed by atoms with Gasteiger partial charge in [-0.05, 0) is 55.4 Å². The maximum absolute atomic E-state index is 12.4. The fourth-order valence-electron chi connectivity index (χ4n) is 3.31. The molecule has 0 aromatic heterocycles. The van der Waals surface area contributed by atoms with Gasteiger partial charge in [-0.3, -0.25) is 4.79 Å². The number of hydrogen-bond donors (Lipinski definition) is 2. The molecule has 2 aliphatic carbocycles. The Balaban J connectivity index is 1.65. The highest BCUT2D eigenvalue weighted by Gasteiger charge is 2.29. The van der Waals surface area contributed by atoms with Gasteiger partial charge in [0.15, 0.2) is 0 Å². The summed E-state index contributed by atoms with van der Waals surface area (Å²) in [7, 11) is -3.46. The first kappa shape index (κ1) is 17.4. The predicted molar refractivity (Wildman–Crippen MR) is 93.2 cm³/mol. The van der Waals surface area contributed by atoms with Gasteiger partial charge in [0, 0.05) is 17.6 Å². The molecule has 2 aliphatic rings. The third kappa shape index (κ3) is 3.98. The van der Waals surface area contributed by atoms with E-state index in [2.05, 4.69) is 23.9 Å². The van der Waals surface area contributed by atoms with Crippen molar-refractivity contribution in [3.05, 3.63) is 29.8 Å². The zero-order valence-electron chi connectivity index (χ0n) is 14.3. The van der Waals surface area contributed by atoms with Crippen LogP contribution in [0.2, 0.25) is 0 Å². The van der Waals surface area contributed by atoms with E-state index in [0.29, 0.717) is 17.4 Å². The number of hydrogen-bond acceptors (Lipinski definition) is 3. The molecule has 1 aromatic carbocycles. The second kappa shape index (κ2) is 6.84. The van der Waals surface area contributed by atoms with Crippen LogP contribution in [0, 0.1) is 11.8 Å². The fraction of sp³-hybridized carbons (Fsp3) is 0.611. The molecule has 0 saturated heterocycles. The van der Waals surface area contributed by atoms with E-state index in [1.54, 1.807) is 12.1 Å². The topological polar surface area (TPSA) is 75.3 Å². The van der Waals surface area contributed by atoms with Crippen LogP contribution in [0.4, 0.5) is 0 Å². The SMILES string of the molecule is CC1CCCC(NC(=O)c2ccc(S(=O)(=O)NC3CC3)cc2)C1C. The summed E-state index contributed by atoms with van der Waals surface area (Å²) in [6, 6.07) is 6.47. The minimum Gasteiger partial charge on any atom is -0.349 e. The average molecular weight is 350 g/mol. The second-order valence-electron chi connectivity index (χ2n) is 7.27. The predicted octanol–water partition coefficient (Wildman–Crippen LogP) is 2.68. The van der Waals surface area contributed by atoms with Crippen molar-refractivity contribution in [2.75, 3.05) is 0 Å². The molecule has 0 bridgehead atoms. The van der Waals surface area contributed by atoms with Crippen molar-refractivity contribution in [3.63, 3.8) is 0 Å². The highest BCUT2D eigenvalue weighted by atomic mass is 32.2. The summed E-state index contributed by atoms with van der Waals surface area (Å²) in [5.41, 5.74) is 0.505. The smallest absolute Gasteiger partial charge is 0.251 e. The van der Waals surface area contributed by atoms with Crippen LogP contribution in [-0.2, 0) is 10.0 Å². The minimum atomic E-state index is -3.46. The lowest BCUT2D eigenvalue weighted by atomic mass is 9.78. The Morgan fingerprint density at radius 1 is 1.04 bits per heavy atom. The number of amides is 1. The number of sulfonamides is 1. The van der Waals surface area contributed by atoms with Gasteiger partial charge in [-0.1, -0.05) is 26.7 Å². The molecule has 3 rings (SSSR count). The van der Waals surface area contributed by atoms with Gasteiger partial charge < -0.3 is 5.32 Å². The molecule has 3 unspecified atom stereocenters. The maximum atomic E-state index is 12.4. The van der Waals surface area contributed by atoms with Crippen LogP contribution in [0.1, 0.15) is 56.3 Å². The summed E-state index contributed by atoms with van der Waals surface area (Å²) < 4.78 is 26.9. The van der Waals surface area contributed by atoms with Gasteiger partial charge in [0.25, 0.3) is 5.91 Å². The van der Waals surface area contributed by atoms with Crippen molar-refractivity contribution in [1.82, 2.24) is 10.0 Å². The molecule has 6 heteroatoms. The minimum absolute atomic E-state index is 0.0766. The number of carbonyl (C=O) groups excluding carboxylic acids is 1. The van der Waals surface area contributed by atoms with Crippen LogP contribution >= 0.6 is 0 Å². The summed E-state index contributed by atoms with van der Waals surface area (Å²) in [4.78, 5) is 12.7. The van der Waals surface area contributed by atoms with E-state index in [9.17, 15) is 13.2 Å². The maximum Gasteiger partial charge on any atom is 0.251 e. The Hall–Kier alpha value is -1.40. The second-order valence-corrected chi connectivity index (χ2v) is 8.98. The Morgan fingerprint density at radius 3 is 2.33 bits per heavy atom. The third-order valence-corrected chi connectivity index (χ3v) is 6.89. The van der Waals surface area contributed by atoms with Crippen molar-refractivity contribution in [2.45, 2.75) is 62.9 Å². The number of benzene rings is 1. The molecule has 0 heterocycles. The summed E-state index contributed by atoms with van der Waals surface area (Å²) in [6.45, 7) is 4.42. The van der Waals surface area contributed by atoms with Crippen LogP contribution in [0.3, 0.4) is 0 Å². The molecule has 1 amide bonds. The van der Waals surface area contributed by atoms with E-state index in [1.165, 1.54) is 18.6 Å². The first-order chi connectivity index (χ1) is 11.4. The molecule has 2 saturated carbocycles. The molecule has 2 fully saturated rings. The van der Waals surface area contributed by atoms with E-state index in [1.807, 2.05) is 0 Å². The van der Waals surface area contributed by atoms with Gasteiger partial charge >= 0.3 is 0 Å². The monoisotopic (exact) mass is 350 g/mol. The van der Waals surface area contributed by atoms with E-state index in [4.69, 9.17) is 0 Å². The standard InChI is InChI=1S/C18H26N2O3S/c1-12-4-3-5-17(13(12)2)19-18(21)14-6-10-16(11-7-14)24(22,23)20-15-8-9-15/h6-7,10-13,15,17,20H,3-5,8-9H2,1-2H3,(H,19,21). The molecule has 0 spiro atoms. The van der Waals surface area contributed by atoms with Gasteiger partial charge in [0.05, 0.1) is 4.90 Å². The summed E-state index contributed by atoms with van der Waals surface area (Å²) in [6.07, 6.45) is 5.17. The van der Waals surface area contributed by atoms with Gasteiger partial charge in [0.1, 0.15) is 0 Å². The fourth-order valence-corrected chi connectivity index (χ4v) is 4.62. The molecule has 132 valence electrons. The van der Waals surface area contributed by atoms with Crippen LogP contribution in [0.25, 0.3) is 0 Å². The molecular weight excluding hydrogens is 324 g/mol. The summed E-state index contributed by atoms with van der Waals surface area (Å²) in [5.74, 6) is 0.954. The Labute approximate surface area is 144 Å². The van der Waals surface area contributed by atoms with Crippen molar-refractivity contribution in [2.24, 2.45) is 11.8 Å². The van der Waals surface area contributed by atoms with Crippen molar-refractivity contribution < 1.29 is 13.2 Å². The van der Waals surface area contributed by atoms with Crippen molar-refractivity contribution in [1.29, 1.82) is 0 Å². The van der Waals surface area contributed by atoms with Gasteiger partial charge in [-0.25, -0.2) is 13.1 Å². The lowest BCUT2D eigenvalue weighted by Crippen LogP contribution is -2.43. The number of rotatable bonds is 5. The molecule has 0 radical (unpaired) electrons. The highest BCUT2D eigenvalue weighted by molar-refractivity contribution is 7.89. The normalized spacial score (nSPS) is 27.7. The average Bonchev–Trinajstić information content (AvgIpc) is 3.35. The molecular formula is C18H26N2O3S.